The second-order valence-electron chi connectivity index (χ2n) is 5.24. The molecule has 1 aliphatic heterocycles. The van der Waals surface area contributed by atoms with E-state index in [1.165, 1.54) is 4.31 Å². The van der Waals surface area contributed by atoms with Gasteiger partial charge in [-0.2, -0.15) is 4.31 Å². The van der Waals surface area contributed by atoms with Crippen molar-refractivity contribution in [1.82, 2.24) is 4.31 Å². The molecule has 0 aromatic carbocycles. The molecule has 0 spiro atoms. The number of nitrogens with zero attached hydrogens (tertiary/aromatic N) is 1. The van der Waals surface area contributed by atoms with E-state index in [0.29, 0.717) is 30.2 Å². The number of hydrogen-bond donors (Lipinski definition) is 0. The van der Waals surface area contributed by atoms with Gasteiger partial charge in [0.05, 0.1) is 18.1 Å². The number of halogens is 1. The second-order valence-corrected chi connectivity index (χ2v) is 7.38. The Morgan fingerprint density at radius 2 is 1.75 bits per heavy atom. The Kier molecular flexibility index (Phi) is 4.49. The van der Waals surface area contributed by atoms with Crippen LogP contribution in [0.25, 0.3) is 0 Å². The molecule has 2 rings (SSSR count). The Bertz CT molecular complexity index is 586. The van der Waals surface area contributed by atoms with E-state index in [1.807, 2.05) is 13.8 Å². The van der Waals surface area contributed by atoms with Crippen LogP contribution in [0.5, 0.6) is 0 Å². The molecule has 2 heterocycles. The van der Waals surface area contributed by atoms with Crippen LogP contribution in [0.2, 0.25) is 0 Å². The van der Waals surface area contributed by atoms with E-state index in [4.69, 9.17) is 20.8 Å². The van der Waals surface area contributed by atoms with E-state index >= 15 is 0 Å². The molecule has 20 heavy (non-hydrogen) atoms. The maximum atomic E-state index is 12.8. The molecule has 0 saturated carbocycles. The maximum Gasteiger partial charge on any atom is 0.247 e. The van der Waals surface area contributed by atoms with Crippen molar-refractivity contribution < 1.29 is 17.6 Å². The van der Waals surface area contributed by atoms with Crippen molar-refractivity contribution in [3.8, 4) is 0 Å². The Hall–Kier alpha value is -0.560. The number of sulfonamides is 1. The van der Waals surface area contributed by atoms with Crippen molar-refractivity contribution in [3.05, 3.63) is 17.1 Å². The van der Waals surface area contributed by atoms with Crippen LogP contribution < -0.4 is 0 Å². The van der Waals surface area contributed by atoms with E-state index in [2.05, 4.69) is 0 Å². The van der Waals surface area contributed by atoms with Gasteiger partial charge in [0.15, 0.2) is 0 Å². The van der Waals surface area contributed by atoms with Gasteiger partial charge in [-0.3, -0.25) is 0 Å². The molecule has 0 bridgehead atoms. The molecular formula is C13H20ClNO4S. The molecule has 1 saturated heterocycles. The van der Waals surface area contributed by atoms with Gasteiger partial charge in [0, 0.05) is 18.7 Å². The summed E-state index contributed by atoms with van der Waals surface area (Å²) in [6, 6.07) is 0. The number of morpholine rings is 1. The van der Waals surface area contributed by atoms with Gasteiger partial charge in [0.2, 0.25) is 10.0 Å². The molecule has 7 heteroatoms. The third-order valence-electron chi connectivity index (χ3n) is 3.44. The number of alkyl halides is 1. The van der Waals surface area contributed by atoms with E-state index in [1.54, 1.807) is 13.8 Å². The van der Waals surface area contributed by atoms with E-state index in [-0.39, 0.29) is 23.0 Å². The van der Waals surface area contributed by atoms with Gasteiger partial charge in [0.25, 0.3) is 0 Å². The fourth-order valence-corrected chi connectivity index (χ4v) is 5.06. The minimum atomic E-state index is -3.61. The first-order valence-corrected chi connectivity index (χ1v) is 8.55. The quantitative estimate of drug-likeness (QED) is 0.802. The van der Waals surface area contributed by atoms with Crippen LogP contribution in [0.15, 0.2) is 9.31 Å². The summed E-state index contributed by atoms with van der Waals surface area (Å²) in [5, 5.41) is 0. The molecule has 1 aliphatic rings. The summed E-state index contributed by atoms with van der Waals surface area (Å²) in [5.41, 5.74) is 0.552. The Morgan fingerprint density at radius 3 is 2.25 bits per heavy atom. The first-order chi connectivity index (χ1) is 9.27. The number of aryl methyl sites for hydroxylation is 2. The smallest absolute Gasteiger partial charge is 0.247 e. The Labute approximate surface area is 124 Å². The average molecular weight is 322 g/mol. The lowest BCUT2D eigenvalue weighted by Crippen LogP contribution is -2.48. The van der Waals surface area contributed by atoms with E-state index < -0.39 is 10.0 Å². The third-order valence-corrected chi connectivity index (χ3v) is 5.74. The molecule has 0 amide bonds. The third kappa shape index (κ3) is 2.74. The van der Waals surface area contributed by atoms with Crippen molar-refractivity contribution >= 4 is 21.6 Å². The minimum Gasteiger partial charge on any atom is -0.465 e. The monoisotopic (exact) mass is 321 g/mol. The highest BCUT2D eigenvalue weighted by atomic mass is 35.5. The summed E-state index contributed by atoms with van der Waals surface area (Å²) in [6.07, 6.45) is -0.248. The maximum absolute atomic E-state index is 12.8. The van der Waals surface area contributed by atoms with E-state index in [0.717, 1.165) is 0 Å². The minimum absolute atomic E-state index is 0.118. The SMILES string of the molecule is Cc1oc(C)c(S(=O)(=O)N2CC(C)OC(C)C2)c1CCl. The summed E-state index contributed by atoms with van der Waals surface area (Å²) in [5.74, 6) is 1.07. The van der Waals surface area contributed by atoms with Gasteiger partial charge in [-0.15, -0.1) is 11.6 Å². The van der Waals surface area contributed by atoms with Crippen LogP contribution in [0, 0.1) is 13.8 Å². The highest BCUT2D eigenvalue weighted by Gasteiger charge is 2.36. The van der Waals surface area contributed by atoms with Crippen molar-refractivity contribution in [2.45, 2.75) is 50.7 Å². The van der Waals surface area contributed by atoms with Crippen LogP contribution >= 0.6 is 11.6 Å². The number of hydrogen-bond acceptors (Lipinski definition) is 4. The second kappa shape index (κ2) is 5.67. The van der Waals surface area contributed by atoms with Crippen LogP contribution in [-0.4, -0.2) is 38.0 Å². The lowest BCUT2D eigenvalue weighted by atomic mass is 10.3. The summed E-state index contributed by atoms with van der Waals surface area (Å²) in [4.78, 5) is 0.214. The summed E-state index contributed by atoms with van der Waals surface area (Å²) in [7, 11) is -3.61. The largest absolute Gasteiger partial charge is 0.465 e. The molecule has 0 aliphatic carbocycles. The molecule has 1 aromatic rings. The molecular weight excluding hydrogens is 302 g/mol. The fourth-order valence-electron chi connectivity index (χ4n) is 2.66. The zero-order chi connectivity index (χ0) is 15.1. The topological polar surface area (TPSA) is 59.8 Å². The predicted octanol–water partition coefficient (Wildman–Crippen LogP) is 2.43. The summed E-state index contributed by atoms with van der Waals surface area (Å²) < 4.78 is 38.2. The van der Waals surface area contributed by atoms with Crippen LogP contribution in [0.3, 0.4) is 0 Å². The van der Waals surface area contributed by atoms with Gasteiger partial charge in [-0.1, -0.05) is 0 Å². The molecule has 5 nitrogen and oxygen atoms in total. The molecule has 0 radical (unpaired) electrons. The first-order valence-electron chi connectivity index (χ1n) is 6.57. The van der Waals surface area contributed by atoms with E-state index in [9.17, 15) is 8.42 Å². The number of rotatable bonds is 3. The van der Waals surface area contributed by atoms with Crippen molar-refractivity contribution in [3.63, 3.8) is 0 Å². The fraction of sp³-hybridized carbons (Fsp3) is 0.692. The van der Waals surface area contributed by atoms with Gasteiger partial charge < -0.3 is 9.15 Å². The van der Waals surface area contributed by atoms with Gasteiger partial charge >= 0.3 is 0 Å². The normalized spacial score (nSPS) is 25.1. The Balaban J connectivity index is 2.45. The molecule has 1 fully saturated rings. The van der Waals surface area contributed by atoms with Crippen LogP contribution in [0.1, 0.15) is 30.9 Å². The lowest BCUT2D eigenvalue weighted by molar-refractivity contribution is -0.0441. The molecule has 2 atom stereocenters. The number of ether oxygens (including phenoxy) is 1. The zero-order valence-electron chi connectivity index (χ0n) is 12.1. The van der Waals surface area contributed by atoms with Crippen molar-refractivity contribution in [2.75, 3.05) is 13.1 Å². The molecule has 114 valence electrons. The molecule has 1 aromatic heterocycles. The number of furan rings is 1. The average Bonchev–Trinajstić information content (AvgIpc) is 2.62. The lowest BCUT2D eigenvalue weighted by Gasteiger charge is -2.34. The predicted molar refractivity (Wildman–Crippen MR) is 76.5 cm³/mol. The summed E-state index contributed by atoms with van der Waals surface area (Å²) >= 11 is 5.89. The summed E-state index contributed by atoms with van der Waals surface area (Å²) in [6.45, 7) is 7.82. The van der Waals surface area contributed by atoms with Crippen LogP contribution in [-0.2, 0) is 20.6 Å². The molecule has 0 N–H and O–H groups in total. The zero-order valence-corrected chi connectivity index (χ0v) is 13.7. The van der Waals surface area contributed by atoms with Crippen molar-refractivity contribution in [2.24, 2.45) is 0 Å². The van der Waals surface area contributed by atoms with Gasteiger partial charge in [-0.25, -0.2) is 8.42 Å². The van der Waals surface area contributed by atoms with Crippen molar-refractivity contribution in [1.29, 1.82) is 0 Å². The highest BCUT2D eigenvalue weighted by Crippen LogP contribution is 2.31. The van der Waals surface area contributed by atoms with Gasteiger partial charge in [0.1, 0.15) is 16.4 Å². The first kappa shape index (κ1) is 15.8. The standard InChI is InChI=1S/C13H20ClNO4S/c1-8-6-15(7-9(2)18-8)20(16,17)13-11(4)19-10(3)12(13)5-14/h8-9H,5-7H2,1-4H3. The van der Waals surface area contributed by atoms with Crippen LogP contribution in [0.4, 0.5) is 0 Å². The highest BCUT2D eigenvalue weighted by molar-refractivity contribution is 7.89. The molecule has 2 unspecified atom stereocenters. The Morgan fingerprint density at radius 1 is 1.20 bits per heavy atom. The van der Waals surface area contributed by atoms with Gasteiger partial charge in [-0.05, 0) is 27.7 Å².